The molecule has 1 rings (SSSR count). The maximum Gasteiger partial charge on any atom is 0.173 e. The lowest BCUT2D eigenvalue weighted by molar-refractivity contribution is 0.475. The summed E-state index contributed by atoms with van der Waals surface area (Å²) in [5.74, 6) is 0.247. The molecule has 15 heavy (non-hydrogen) atoms. The number of nitrogens with zero attached hydrogens (tertiary/aromatic N) is 1. The maximum atomic E-state index is 9.14. The van der Waals surface area contributed by atoms with Crippen molar-refractivity contribution >= 4 is 23.0 Å². The van der Waals surface area contributed by atoms with Gasteiger partial charge in [-0.2, -0.15) is 0 Å². The number of thiocarbonyl (C=S) groups is 1. The van der Waals surface area contributed by atoms with Crippen LogP contribution in [0.5, 0.6) is 5.75 Å². The second-order valence-corrected chi connectivity index (χ2v) is 3.44. The molecule has 0 unspecified atom stereocenters. The molecule has 0 aromatic heterocycles. The molecule has 80 valence electrons. The molecule has 0 aliphatic rings. The van der Waals surface area contributed by atoms with Crippen LogP contribution in [0.2, 0.25) is 0 Å². The van der Waals surface area contributed by atoms with Crippen LogP contribution in [0, 0.1) is 0 Å². The largest absolute Gasteiger partial charge is 0.508 e. The normalized spacial score (nSPS) is 9.40. The number of nitrogens with one attached hydrogen (secondary N) is 1. The number of rotatable bonds is 3. The van der Waals surface area contributed by atoms with Gasteiger partial charge in [-0.05, 0) is 36.5 Å². The first-order valence-corrected chi connectivity index (χ1v) is 4.97. The zero-order valence-electron chi connectivity index (χ0n) is 8.60. The van der Waals surface area contributed by atoms with Crippen molar-refractivity contribution in [2.75, 3.05) is 18.5 Å². The fourth-order valence-corrected chi connectivity index (χ4v) is 1.26. The van der Waals surface area contributed by atoms with Gasteiger partial charge in [-0.25, -0.2) is 0 Å². The minimum absolute atomic E-state index is 0.247. The Labute approximate surface area is 95.0 Å². The summed E-state index contributed by atoms with van der Waals surface area (Å²) >= 11 is 5.16. The zero-order chi connectivity index (χ0) is 11.3. The van der Waals surface area contributed by atoms with Gasteiger partial charge in [0.2, 0.25) is 0 Å². The molecule has 0 radical (unpaired) electrons. The third-order valence-electron chi connectivity index (χ3n) is 1.94. The van der Waals surface area contributed by atoms with Crippen molar-refractivity contribution < 1.29 is 5.11 Å². The van der Waals surface area contributed by atoms with Crippen LogP contribution in [0.1, 0.15) is 0 Å². The summed E-state index contributed by atoms with van der Waals surface area (Å²) in [4.78, 5) is 1.83. The second-order valence-electron chi connectivity index (χ2n) is 3.05. The van der Waals surface area contributed by atoms with Gasteiger partial charge in [0, 0.05) is 19.3 Å². The topological polar surface area (TPSA) is 35.5 Å². The molecule has 3 nitrogen and oxygen atoms in total. The minimum atomic E-state index is 0.247. The van der Waals surface area contributed by atoms with Gasteiger partial charge in [0.25, 0.3) is 0 Å². The molecule has 0 saturated heterocycles. The van der Waals surface area contributed by atoms with Crippen LogP contribution < -0.4 is 10.2 Å². The molecular weight excluding hydrogens is 208 g/mol. The first-order valence-electron chi connectivity index (χ1n) is 4.56. The van der Waals surface area contributed by atoms with Gasteiger partial charge in [-0.1, -0.05) is 6.08 Å². The molecular formula is C11H14N2OS. The van der Waals surface area contributed by atoms with Crippen LogP contribution in [0.4, 0.5) is 5.69 Å². The van der Waals surface area contributed by atoms with Crippen molar-refractivity contribution in [2.24, 2.45) is 0 Å². The predicted octanol–water partition coefficient (Wildman–Crippen LogP) is 1.89. The van der Waals surface area contributed by atoms with Crippen LogP contribution in [0.15, 0.2) is 36.9 Å². The summed E-state index contributed by atoms with van der Waals surface area (Å²) in [5.41, 5.74) is 0.925. The van der Waals surface area contributed by atoms with Gasteiger partial charge in [0.15, 0.2) is 5.11 Å². The highest BCUT2D eigenvalue weighted by molar-refractivity contribution is 7.80. The molecule has 0 aliphatic heterocycles. The lowest BCUT2D eigenvalue weighted by Gasteiger charge is -2.20. The summed E-state index contributed by atoms with van der Waals surface area (Å²) in [6.45, 7) is 4.24. The maximum absolute atomic E-state index is 9.14. The SMILES string of the molecule is C=CCNC(=S)N(C)c1ccc(O)cc1. The average molecular weight is 222 g/mol. The van der Waals surface area contributed by atoms with E-state index in [0.717, 1.165) is 5.69 Å². The van der Waals surface area contributed by atoms with Crippen LogP contribution >= 0.6 is 12.2 Å². The molecule has 0 fully saturated rings. The van der Waals surface area contributed by atoms with Crippen molar-refractivity contribution in [3.05, 3.63) is 36.9 Å². The first-order chi connectivity index (χ1) is 7.15. The standard InChI is InChI=1S/C11H14N2OS/c1-3-8-12-11(15)13(2)9-4-6-10(14)7-5-9/h3-7,14H,1,8H2,2H3,(H,12,15). The molecule has 1 aromatic rings. The Hall–Kier alpha value is -1.55. The number of hydrogen-bond acceptors (Lipinski definition) is 2. The fraction of sp³-hybridized carbons (Fsp3) is 0.182. The zero-order valence-corrected chi connectivity index (χ0v) is 9.42. The summed E-state index contributed by atoms with van der Waals surface area (Å²) in [7, 11) is 1.87. The predicted molar refractivity (Wildman–Crippen MR) is 67.3 cm³/mol. The highest BCUT2D eigenvalue weighted by Crippen LogP contribution is 2.16. The number of hydrogen-bond donors (Lipinski definition) is 2. The Morgan fingerprint density at radius 3 is 2.67 bits per heavy atom. The fourth-order valence-electron chi connectivity index (χ4n) is 1.07. The number of anilines is 1. The van der Waals surface area contributed by atoms with Gasteiger partial charge < -0.3 is 15.3 Å². The highest BCUT2D eigenvalue weighted by atomic mass is 32.1. The lowest BCUT2D eigenvalue weighted by atomic mass is 10.3. The van der Waals surface area contributed by atoms with E-state index in [-0.39, 0.29) is 5.75 Å². The van der Waals surface area contributed by atoms with Crippen molar-refractivity contribution in [1.82, 2.24) is 5.32 Å². The second kappa shape index (κ2) is 5.36. The number of phenolic OH excluding ortho intramolecular Hbond substituents is 1. The molecule has 2 N–H and O–H groups in total. The van der Waals surface area contributed by atoms with Crippen molar-refractivity contribution in [3.63, 3.8) is 0 Å². The number of phenols is 1. The van der Waals surface area contributed by atoms with Crippen molar-refractivity contribution in [2.45, 2.75) is 0 Å². The molecule has 4 heteroatoms. The molecule has 0 bridgehead atoms. The van der Waals surface area contributed by atoms with E-state index < -0.39 is 0 Å². The molecule has 0 heterocycles. The molecule has 0 spiro atoms. The molecule has 0 amide bonds. The summed E-state index contributed by atoms with van der Waals surface area (Å²) in [6.07, 6.45) is 1.75. The van der Waals surface area contributed by atoms with E-state index in [1.54, 1.807) is 30.3 Å². The van der Waals surface area contributed by atoms with Crippen LogP contribution in [-0.4, -0.2) is 23.8 Å². The summed E-state index contributed by atoms with van der Waals surface area (Å²) < 4.78 is 0. The molecule has 0 saturated carbocycles. The van der Waals surface area contributed by atoms with Gasteiger partial charge in [-0.15, -0.1) is 6.58 Å². The van der Waals surface area contributed by atoms with Gasteiger partial charge in [0.1, 0.15) is 5.75 Å². The third kappa shape index (κ3) is 3.25. The van der Waals surface area contributed by atoms with Crippen molar-refractivity contribution in [3.8, 4) is 5.75 Å². The highest BCUT2D eigenvalue weighted by Gasteiger charge is 2.04. The first kappa shape index (κ1) is 11.5. The lowest BCUT2D eigenvalue weighted by Crippen LogP contribution is -2.36. The van der Waals surface area contributed by atoms with E-state index in [1.807, 2.05) is 11.9 Å². The van der Waals surface area contributed by atoms with Gasteiger partial charge in [0.05, 0.1) is 0 Å². The Morgan fingerprint density at radius 1 is 1.53 bits per heavy atom. The molecule has 0 atom stereocenters. The average Bonchev–Trinajstić information content (AvgIpc) is 2.26. The van der Waals surface area contributed by atoms with E-state index in [0.29, 0.717) is 11.7 Å². The summed E-state index contributed by atoms with van der Waals surface area (Å²) in [5, 5.41) is 12.8. The molecule has 1 aromatic carbocycles. The minimum Gasteiger partial charge on any atom is -0.508 e. The van der Waals surface area contributed by atoms with E-state index in [9.17, 15) is 0 Å². The number of aromatic hydroxyl groups is 1. The Morgan fingerprint density at radius 2 is 2.13 bits per heavy atom. The van der Waals surface area contributed by atoms with E-state index in [2.05, 4.69) is 11.9 Å². The van der Waals surface area contributed by atoms with Crippen molar-refractivity contribution in [1.29, 1.82) is 0 Å². The van der Waals surface area contributed by atoms with Crippen LogP contribution in [-0.2, 0) is 0 Å². The van der Waals surface area contributed by atoms with E-state index >= 15 is 0 Å². The Kier molecular flexibility index (Phi) is 4.12. The van der Waals surface area contributed by atoms with Gasteiger partial charge in [-0.3, -0.25) is 0 Å². The smallest absolute Gasteiger partial charge is 0.173 e. The van der Waals surface area contributed by atoms with Crippen LogP contribution in [0.3, 0.4) is 0 Å². The summed E-state index contributed by atoms with van der Waals surface area (Å²) in [6, 6.07) is 6.86. The van der Waals surface area contributed by atoms with Gasteiger partial charge >= 0.3 is 0 Å². The number of benzene rings is 1. The third-order valence-corrected chi connectivity index (χ3v) is 2.36. The Balaban J connectivity index is 2.67. The van der Waals surface area contributed by atoms with E-state index in [1.165, 1.54) is 0 Å². The van der Waals surface area contributed by atoms with Crippen LogP contribution in [0.25, 0.3) is 0 Å². The Bertz CT molecular complexity index is 348. The monoisotopic (exact) mass is 222 g/mol. The molecule has 0 aliphatic carbocycles. The quantitative estimate of drug-likeness (QED) is 0.605. The van der Waals surface area contributed by atoms with E-state index in [4.69, 9.17) is 17.3 Å².